The normalized spacial score (nSPS) is 34.0. The number of aliphatic hydroxyl groups excluding tert-OH is 1. The van der Waals surface area contributed by atoms with Crippen LogP contribution in [0.15, 0.2) is 42.0 Å². The van der Waals surface area contributed by atoms with Crippen molar-refractivity contribution in [2.45, 2.75) is 128 Å². The van der Waals surface area contributed by atoms with E-state index in [4.69, 9.17) is 13.9 Å². The predicted molar refractivity (Wildman–Crippen MR) is 166 cm³/mol. The van der Waals surface area contributed by atoms with E-state index in [2.05, 4.69) is 20.8 Å². The summed E-state index contributed by atoms with van der Waals surface area (Å²) in [6, 6.07) is 10.7. The Labute approximate surface area is 365 Å². The number of ketones is 1. The molecular weight excluding hydrogens is 1040 g/mol. The van der Waals surface area contributed by atoms with E-state index in [0.29, 0.717) is 5.57 Å². The molecule has 1 aliphatic heterocycles. The quantitative estimate of drug-likeness (QED) is 0.165. The molecule has 13 heteroatoms. The summed E-state index contributed by atoms with van der Waals surface area (Å²) < 4.78 is 19.3. The number of benzene rings is 1. The monoisotopic (exact) mass is 1090 g/mol. The minimum Gasteiger partial charge on any atom is -0.849 e. The van der Waals surface area contributed by atoms with Crippen molar-refractivity contribution < 1.29 is 151 Å². The molecule has 0 bridgehead atoms. The summed E-state index contributed by atoms with van der Waals surface area (Å²) in [6.45, 7) is 14.3. The average molecular weight is 1090 g/mol. The maximum Gasteiger partial charge on any atom is 1.00 e. The molecule has 252 valence electrons. The SMILES string of the molecule is CC[Si](CC)(CC)O[C@H]1C[C@H]2OC[C@@]2(O)C([C@H](OC(=O)c2ccccc2)[C@]2(O)C[C@H]([O-])C(C)=CC2(C)C)[C@]1(C)[C@H](O)C(C)=O.[Ac].[Ac].[Li+]. The molecule has 3 aliphatic rings. The van der Waals surface area contributed by atoms with Crippen LogP contribution in [0.5, 0.6) is 0 Å². The molecule has 1 aromatic rings. The van der Waals surface area contributed by atoms with Crippen LogP contribution in [-0.2, 0) is 18.7 Å². The molecule has 4 rings (SSSR count). The molecule has 1 aromatic carbocycles. The fourth-order valence-corrected chi connectivity index (χ4v) is 11.1. The van der Waals surface area contributed by atoms with E-state index in [1.807, 2.05) is 0 Å². The van der Waals surface area contributed by atoms with Crippen molar-refractivity contribution in [2.24, 2.45) is 16.7 Å². The van der Waals surface area contributed by atoms with Gasteiger partial charge >= 0.3 is 24.8 Å². The fraction of sp³-hybridized carbons (Fsp3) is 0.706. The first-order valence-electron chi connectivity index (χ1n) is 16.0. The number of carbonyl (C=O) groups is 2. The second kappa shape index (κ2) is 17.6. The molecule has 9 nitrogen and oxygen atoms in total. The zero-order chi connectivity index (χ0) is 32.9. The van der Waals surface area contributed by atoms with Gasteiger partial charge in [-0.3, -0.25) is 4.79 Å². The summed E-state index contributed by atoms with van der Waals surface area (Å²) in [4.78, 5) is 27.0. The van der Waals surface area contributed by atoms with Crippen LogP contribution in [0.25, 0.3) is 0 Å². The average Bonchev–Trinajstić information content (AvgIpc) is 2.98. The molecule has 1 heterocycles. The van der Waals surface area contributed by atoms with Crippen molar-refractivity contribution in [3.05, 3.63) is 47.5 Å². The topological polar surface area (TPSA) is 146 Å². The Morgan fingerprint density at radius 3 is 2.09 bits per heavy atom. The number of hydrogen-bond acceptors (Lipinski definition) is 9. The van der Waals surface area contributed by atoms with E-state index in [0.717, 1.165) is 18.1 Å². The number of hydrogen-bond donors (Lipinski definition) is 3. The van der Waals surface area contributed by atoms with E-state index >= 15 is 0 Å². The van der Waals surface area contributed by atoms with E-state index < -0.39 is 78.5 Å². The second-order valence-electron chi connectivity index (χ2n) is 14.2. The summed E-state index contributed by atoms with van der Waals surface area (Å²) in [5.41, 5.74) is -5.53. The van der Waals surface area contributed by atoms with Gasteiger partial charge in [0.1, 0.15) is 23.4 Å². The molecule has 1 saturated heterocycles. The fourth-order valence-electron chi connectivity index (χ4n) is 8.15. The maximum atomic E-state index is 13.8. The van der Waals surface area contributed by atoms with Crippen molar-refractivity contribution in [3.8, 4) is 0 Å². The molecule has 0 spiro atoms. The van der Waals surface area contributed by atoms with Crippen molar-refractivity contribution >= 4 is 20.1 Å². The second-order valence-corrected chi connectivity index (χ2v) is 18.9. The standard InChI is InChI=1S/C34H51O9Si.2Ac.Li/c1-9-44(10-2,11-3)43-25-17-26-33(39,20-41-26)27(32(25,8)28(37)22(5)35)29(42-30(38)23-15-13-12-14-16-23)34(40)19-24(36)21(4)18-31(34,6)7;;;/h12-16,18,24-29,37,39-40H,9-11,17,19-20H2,1-8H3;;;/q-1;;;+1/t24-,25-,26+,27?,28+,29-,32+,33-,34+;;;/m0.../s1. The molecule has 2 radical (unpaired) electrons. The number of rotatable bonds is 11. The molecule has 0 aromatic heterocycles. The summed E-state index contributed by atoms with van der Waals surface area (Å²) in [7, 11) is -2.37. The van der Waals surface area contributed by atoms with Crippen LogP contribution in [0.4, 0.5) is 0 Å². The number of ether oxygens (including phenoxy) is 2. The van der Waals surface area contributed by atoms with Crippen LogP contribution in [-0.4, -0.2) is 83.7 Å². The first kappa shape index (κ1) is 46.6. The molecule has 1 unspecified atom stereocenters. The van der Waals surface area contributed by atoms with E-state index in [9.17, 15) is 30.0 Å². The maximum absolute atomic E-state index is 13.8. The van der Waals surface area contributed by atoms with E-state index in [1.165, 1.54) is 6.92 Å². The Bertz CT molecular complexity index is 1260. The molecule has 47 heavy (non-hydrogen) atoms. The van der Waals surface area contributed by atoms with Gasteiger partial charge in [-0.2, -0.15) is 0 Å². The summed E-state index contributed by atoms with van der Waals surface area (Å²) >= 11 is 0. The van der Waals surface area contributed by atoms with Crippen LogP contribution >= 0.6 is 0 Å². The number of esters is 1. The van der Waals surface area contributed by atoms with Gasteiger partial charge in [-0.15, -0.1) is 6.10 Å². The van der Waals surface area contributed by atoms with Crippen LogP contribution in [0, 0.1) is 105 Å². The zero-order valence-electron chi connectivity index (χ0n) is 29.6. The largest absolute Gasteiger partial charge is 1.00 e. The number of fused-ring (bicyclic) bond motifs is 1. The summed E-state index contributed by atoms with van der Waals surface area (Å²) in [6.07, 6.45) is -4.35. The van der Waals surface area contributed by atoms with Crippen LogP contribution in [0.3, 0.4) is 0 Å². The van der Waals surface area contributed by atoms with Crippen molar-refractivity contribution in [2.75, 3.05) is 6.61 Å². The van der Waals surface area contributed by atoms with Crippen LogP contribution in [0.2, 0.25) is 18.1 Å². The van der Waals surface area contributed by atoms with E-state index in [1.54, 1.807) is 64.1 Å². The number of Topliss-reactive ketones (excluding diaryl/α,β-unsaturated/α-hetero) is 1. The van der Waals surface area contributed by atoms with Gasteiger partial charge in [0.2, 0.25) is 0 Å². The Balaban J connectivity index is 0.00000368. The minimum absolute atomic E-state index is 0. The smallest absolute Gasteiger partial charge is 0.849 e. The Morgan fingerprint density at radius 2 is 1.62 bits per heavy atom. The molecule has 2 aliphatic carbocycles. The van der Waals surface area contributed by atoms with Crippen LogP contribution in [0.1, 0.15) is 78.6 Å². The van der Waals surface area contributed by atoms with Gasteiger partial charge in [0.05, 0.1) is 24.4 Å². The molecular formula is C34H51Ac2LiO9Si. The van der Waals surface area contributed by atoms with Gasteiger partial charge in [0.25, 0.3) is 0 Å². The van der Waals surface area contributed by atoms with E-state index in [-0.39, 0.29) is 132 Å². The third-order valence-corrected chi connectivity index (χ3v) is 16.1. The molecule has 0 amide bonds. The third kappa shape index (κ3) is 8.38. The predicted octanol–water partition coefficient (Wildman–Crippen LogP) is 0.549. The van der Waals surface area contributed by atoms with Crippen LogP contribution < -0.4 is 24.0 Å². The molecule has 2 fully saturated rings. The first-order chi connectivity index (χ1) is 20.5. The Kier molecular flexibility index (Phi) is 17.4. The molecule has 3 N–H and O–H groups in total. The summed E-state index contributed by atoms with van der Waals surface area (Å²) in [5.74, 6) is -2.53. The van der Waals surface area contributed by atoms with Gasteiger partial charge in [-0.1, -0.05) is 71.4 Å². The van der Waals surface area contributed by atoms with Gasteiger partial charge in [0.15, 0.2) is 14.1 Å². The third-order valence-electron chi connectivity index (χ3n) is 11.4. The van der Waals surface area contributed by atoms with Crippen molar-refractivity contribution in [1.29, 1.82) is 0 Å². The van der Waals surface area contributed by atoms with Crippen molar-refractivity contribution in [1.82, 2.24) is 0 Å². The van der Waals surface area contributed by atoms with Gasteiger partial charge in [-0.05, 0) is 50.5 Å². The Hall–Kier alpha value is 1.56. The number of carbonyl (C=O) groups excluding carboxylic acids is 2. The van der Waals surface area contributed by atoms with Gasteiger partial charge < -0.3 is 34.3 Å². The number of aliphatic hydroxyl groups is 3. The summed E-state index contributed by atoms with van der Waals surface area (Å²) in [5, 5.41) is 50.4. The zero-order valence-corrected chi connectivity index (χ0v) is 40.1. The minimum atomic E-state index is -2.37. The Morgan fingerprint density at radius 1 is 1.06 bits per heavy atom. The molecule has 1 saturated carbocycles. The first-order valence-corrected chi connectivity index (χ1v) is 18.5. The molecule has 9 atom stereocenters. The van der Waals surface area contributed by atoms with Crippen molar-refractivity contribution in [3.63, 3.8) is 0 Å². The van der Waals surface area contributed by atoms with Gasteiger partial charge in [0, 0.05) is 111 Å². The van der Waals surface area contributed by atoms with Gasteiger partial charge in [-0.25, -0.2) is 4.79 Å².